The molecule has 1 aromatic rings. The van der Waals surface area contributed by atoms with Gasteiger partial charge in [-0.2, -0.15) is 12.6 Å². The fourth-order valence-electron chi connectivity index (χ4n) is 0.997. The second-order valence-corrected chi connectivity index (χ2v) is 3.16. The van der Waals surface area contributed by atoms with E-state index in [1.807, 2.05) is 12.1 Å². The van der Waals surface area contributed by atoms with E-state index in [0.717, 1.165) is 17.2 Å². The minimum absolute atomic E-state index is 0.782. The summed E-state index contributed by atoms with van der Waals surface area (Å²) in [6.07, 6.45) is 0.987. The molecule has 0 aromatic heterocycles. The number of benzene rings is 1. The predicted octanol–water partition coefficient (Wildman–Crippen LogP) is 3.33. The Labute approximate surface area is 78.0 Å². The molecule has 60 valence electrons. The van der Waals surface area contributed by atoms with Gasteiger partial charge in [0.15, 0.2) is 0 Å². The first-order valence-electron chi connectivity index (χ1n) is 3.66. The second kappa shape index (κ2) is 4.03. The molecule has 0 aliphatic rings. The van der Waals surface area contributed by atoms with Crippen LogP contribution in [-0.4, -0.2) is 0 Å². The molecule has 2 heteroatoms. The van der Waals surface area contributed by atoms with Crippen LogP contribution in [-0.2, 0) is 12.2 Å². The van der Waals surface area contributed by atoms with Crippen LogP contribution in [0.15, 0.2) is 18.2 Å². The van der Waals surface area contributed by atoms with Gasteiger partial charge < -0.3 is 0 Å². The SMILES string of the molecule is CCc1cc(CS)ccc1Cl. The smallest absolute Gasteiger partial charge is 0.0438 e. The lowest BCUT2D eigenvalue weighted by atomic mass is 10.1. The second-order valence-electron chi connectivity index (χ2n) is 2.44. The summed E-state index contributed by atoms with van der Waals surface area (Å²) in [5.41, 5.74) is 2.44. The Hall–Kier alpha value is -0.140. The minimum atomic E-state index is 0.782. The van der Waals surface area contributed by atoms with Crippen molar-refractivity contribution in [2.75, 3.05) is 0 Å². The Bertz CT molecular complexity index is 245. The van der Waals surface area contributed by atoms with Gasteiger partial charge in [0.1, 0.15) is 0 Å². The summed E-state index contributed by atoms with van der Waals surface area (Å²) < 4.78 is 0. The van der Waals surface area contributed by atoms with Crippen molar-refractivity contribution in [1.29, 1.82) is 0 Å². The van der Waals surface area contributed by atoms with E-state index in [-0.39, 0.29) is 0 Å². The number of rotatable bonds is 2. The molecule has 0 atom stereocenters. The van der Waals surface area contributed by atoms with E-state index in [1.165, 1.54) is 11.1 Å². The molecule has 11 heavy (non-hydrogen) atoms. The van der Waals surface area contributed by atoms with E-state index in [9.17, 15) is 0 Å². The highest BCUT2D eigenvalue weighted by molar-refractivity contribution is 7.79. The quantitative estimate of drug-likeness (QED) is 0.674. The molecular formula is C9H11ClS. The third kappa shape index (κ3) is 2.14. The molecule has 1 aromatic carbocycles. The van der Waals surface area contributed by atoms with Crippen LogP contribution in [0.3, 0.4) is 0 Å². The summed E-state index contributed by atoms with van der Waals surface area (Å²) in [4.78, 5) is 0. The molecule has 0 fully saturated rings. The zero-order valence-corrected chi connectivity index (χ0v) is 8.12. The van der Waals surface area contributed by atoms with Gasteiger partial charge in [-0.15, -0.1) is 0 Å². The highest BCUT2D eigenvalue weighted by atomic mass is 35.5. The molecule has 0 saturated heterocycles. The normalized spacial score (nSPS) is 10.1. The van der Waals surface area contributed by atoms with Gasteiger partial charge in [-0.1, -0.05) is 30.7 Å². The molecule has 0 aliphatic carbocycles. The fourth-order valence-corrected chi connectivity index (χ4v) is 1.45. The van der Waals surface area contributed by atoms with Crippen molar-refractivity contribution in [2.24, 2.45) is 0 Å². The molecule has 0 saturated carbocycles. The Balaban J connectivity index is 3.02. The average molecular weight is 187 g/mol. The molecular weight excluding hydrogens is 176 g/mol. The molecule has 0 spiro atoms. The van der Waals surface area contributed by atoms with E-state index in [0.29, 0.717) is 0 Å². The minimum Gasteiger partial charge on any atom is -0.175 e. The molecule has 0 radical (unpaired) electrons. The number of halogens is 1. The number of aryl methyl sites for hydroxylation is 1. The summed E-state index contributed by atoms with van der Waals surface area (Å²) in [6, 6.07) is 6.05. The molecule has 0 bridgehead atoms. The van der Waals surface area contributed by atoms with Crippen LogP contribution >= 0.6 is 24.2 Å². The van der Waals surface area contributed by atoms with Crippen molar-refractivity contribution in [3.63, 3.8) is 0 Å². The van der Waals surface area contributed by atoms with Crippen molar-refractivity contribution in [1.82, 2.24) is 0 Å². The number of hydrogen-bond donors (Lipinski definition) is 1. The maximum absolute atomic E-state index is 5.93. The third-order valence-corrected chi connectivity index (χ3v) is 2.41. The van der Waals surface area contributed by atoms with Crippen LogP contribution in [0, 0.1) is 0 Å². The van der Waals surface area contributed by atoms with Gasteiger partial charge in [-0.3, -0.25) is 0 Å². The lowest BCUT2D eigenvalue weighted by Crippen LogP contribution is -1.85. The molecule has 0 unspecified atom stereocenters. The van der Waals surface area contributed by atoms with Crippen molar-refractivity contribution in [3.8, 4) is 0 Å². The van der Waals surface area contributed by atoms with Gasteiger partial charge in [0.25, 0.3) is 0 Å². The van der Waals surface area contributed by atoms with Crippen LogP contribution < -0.4 is 0 Å². The maximum atomic E-state index is 5.93. The summed E-state index contributed by atoms with van der Waals surface area (Å²) in [5, 5.41) is 0.859. The molecule has 1 rings (SSSR count). The zero-order chi connectivity index (χ0) is 8.27. The van der Waals surface area contributed by atoms with Gasteiger partial charge in [0, 0.05) is 10.8 Å². The summed E-state index contributed by atoms with van der Waals surface area (Å²) in [6.45, 7) is 2.10. The molecule has 0 N–H and O–H groups in total. The van der Waals surface area contributed by atoms with Crippen molar-refractivity contribution < 1.29 is 0 Å². The van der Waals surface area contributed by atoms with E-state index >= 15 is 0 Å². The van der Waals surface area contributed by atoms with E-state index in [1.54, 1.807) is 0 Å². The van der Waals surface area contributed by atoms with E-state index in [4.69, 9.17) is 11.6 Å². The molecule has 0 amide bonds. The Morgan fingerprint density at radius 2 is 2.18 bits per heavy atom. The first-order chi connectivity index (χ1) is 5.27. The van der Waals surface area contributed by atoms with Crippen molar-refractivity contribution in [2.45, 2.75) is 19.1 Å². The first kappa shape index (κ1) is 8.95. The lowest BCUT2D eigenvalue weighted by Gasteiger charge is -2.02. The van der Waals surface area contributed by atoms with E-state index < -0.39 is 0 Å². The highest BCUT2D eigenvalue weighted by Gasteiger charge is 1.97. The fraction of sp³-hybridized carbons (Fsp3) is 0.333. The van der Waals surface area contributed by atoms with Gasteiger partial charge >= 0.3 is 0 Å². The predicted molar refractivity (Wildman–Crippen MR) is 53.5 cm³/mol. The van der Waals surface area contributed by atoms with Crippen LogP contribution in [0.2, 0.25) is 5.02 Å². The number of thiol groups is 1. The van der Waals surface area contributed by atoms with Crippen LogP contribution in [0.1, 0.15) is 18.1 Å². The third-order valence-electron chi connectivity index (χ3n) is 1.67. The lowest BCUT2D eigenvalue weighted by molar-refractivity contribution is 1.13. The summed E-state index contributed by atoms with van der Waals surface area (Å²) in [7, 11) is 0. The van der Waals surface area contributed by atoms with Gasteiger partial charge in [-0.05, 0) is 23.6 Å². The van der Waals surface area contributed by atoms with E-state index in [2.05, 4.69) is 25.6 Å². The zero-order valence-electron chi connectivity index (χ0n) is 6.47. The summed E-state index contributed by atoms with van der Waals surface area (Å²) in [5.74, 6) is 0.782. The first-order valence-corrected chi connectivity index (χ1v) is 4.67. The van der Waals surface area contributed by atoms with Crippen LogP contribution in [0.25, 0.3) is 0 Å². The Kier molecular flexibility index (Phi) is 3.28. The largest absolute Gasteiger partial charge is 0.175 e. The standard InChI is InChI=1S/C9H11ClS/c1-2-8-5-7(6-11)3-4-9(8)10/h3-5,11H,2,6H2,1H3. The highest BCUT2D eigenvalue weighted by Crippen LogP contribution is 2.18. The molecule has 0 nitrogen and oxygen atoms in total. The van der Waals surface area contributed by atoms with Gasteiger partial charge in [-0.25, -0.2) is 0 Å². The average Bonchev–Trinajstić information content (AvgIpc) is 2.05. The van der Waals surface area contributed by atoms with Gasteiger partial charge in [0.2, 0.25) is 0 Å². The maximum Gasteiger partial charge on any atom is 0.0438 e. The van der Waals surface area contributed by atoms with Crippen molar-refractivity contribution in [3.05, 3.63) is 34.3 Å². The Morgan fingerprint density at radius 3 is 2.73 bits per heavy atom. The van der Waals surface area contributed by atoms with Crippen LogP contribution in [0.4, 0.5) is 0 Å². The Morgan fingerprint density at radius 1 is 1.45 bits per heavy atom. The number of hydrogen-bond acceptors (Lipinski definition) is 1. The monoisotopic (exact) mass is 186 g/mol. The summed E-state index contributed by atoms with van der Waals surface area (Å²) >= 11 is 10.1. The molecule has 0 aliphatic heterocycles. The molecule has 0 heterocycles. The topological polar surface area (TPSA) is 0 Å². The van der Waals surface area contributed by atoms with Crippen LogP contribution in [0.5, 0.6) is 0 Å². The van der Waals surface area contributed by atoms with Crippen molar-refractivity contribution >= 4 is 24.2 Å². The van der Waals surface area contributed by atoms with Gasteiger partial charge in [0.05, 0.1) is 0 Å².